The maximum Gasteiger partial charge on any atom is 0.505 e. The van der Waals surface area contributed by atoms with Gasteiger partial charge in [-0.3, -0.25) is 9.68 Å². The lowest BCUT2D eigenvalue weighted by atomic mass is 10.2. The van der Waals surface area contributed by atoms with Gasteiger partial charge in [-0.1, -0.05) is 4.67 Å². The average molecular weight is 243 g/mol. The van der Waals surface area contributed by atoms with Crippen LogP contribution < -0.4 is 5.73 Å². The predicted octanol–water partition coefficient (Wildman–Crippen LogP) is -1.25. The molecule has 0 aromatic rings. The summed E-state index contributed by atoms with van der Waals surface area (Å²) in [5.41, 5.74) is 5.05. The molecule has 0 saturated carbocycles. The molecule has 0 spiro atoms. The van der Waals surface area contributed by atoms with Crippen LogP contribution in [-0.2, 0) is 23.7 Å². The van der Waals surface area contributed by atoms with Crippen LogP contribution in [0, 0.1) is 0 Å². The maximum atomic E-state index is 10.7. The summed E-state index contributed by atoms with van der Waals surface area (Å²) in [5, 5.41) is 8.32. The van der Waals surface area contributed by atoms with Crippen molar-refractivity contribution in [1.82, 2.24) is 0 Å². The molecule has 0 aliphatic carbocycles. The van der Waals surface area contributed by atoms with Crippen molar-refractivity contribution in [1.29, 1.82) is 0 Å². The molecule has 0 amide bonds. The average Bonchev–Trinajstić information content (AvgIpc) is 2.09. The largest absolute Gasteiger partial charge is 0.505 e. The Labute approximate surface area is 84.0 Å². The Hall–Kier alpha value is -0.990. The Morgan fingerprint density at radius 2 is 1.93 bits per heavy atom. The van der Waals surface area contributed by atoms with E-state index in [-0.39, 0.29) is 6.42 Å². The Morgan fingerprint density at radius 3 is 2.33 bits per heavy atom. The lowest BCUT2D eigenvalue weighted by Crippen LogP contribution is -2.30. The molecule has 0 rings (SSSR count). The minimum absolute atomic E-state index is 0.224. The minimum atomic E-state index is -4.88. The third-order valence-corrected chi connectivity index (χ3v) is 1.47. The monoisotopic (exact) mass is 243 g/mol. The van der Waals surface area contributed by atoms with Crippen LogP contribution in [-0.4, -0.2) is 32.9 Å². The second kappa shape index (κ2) is 5.79. The highest BCUT2D eigenvalue weighted by atomic mass is 31.2. The zero-order valence-corrected chi connectivity index (χ0v) is 8.29. The van der Waals surface area contributed by atoms with Crippen molar-refractivity contribution in [2.75, 3.05) is 0 Å². The van der Waals surface area contributed by atoms with Gasteiger partial charge in [-0.15, -0.1) is 0 Å². The standard InChI is InChI=1S/C5H10NO8P/c6-3(5(8)9)1-2-4(7)13-14-15(10,11)12/h3H,1-2,6H2,(H,8,9)(H2,10,11,12)/t3-/m0/s1. The lowest BCUT2D eigenvalue weighted by Gasteiger charge is -2.05. The van der Waals surface area contributed by atoms with Crippen LogP contribution in [0.15, 0.2) is 0 Å². The molecule has 0 unspecified atom stereocenters. The summed E-state index contributed by atoms with van der Waals surface area (Å²) in [6, 6.07) is -1.24. The molecule has 0 aromatic carbocycles. The van der Waals surface area contributed by atoms with Crippen molar-refractivity contribution in [2.45, 2.75) is 18.9 Å². The fourth-order valence-electron chi connectivity index (χ4n) is 0.529. The van der Waals surface area contributed by atoms with Gasteiger partial charge in [-0.2, -0.15) is 0 Å². The number of rotatable bonds is 6. The second-order valence-corrected chi connectivity index (χ2v) is 3.63. The Morgan fingerprint density at radius 1 is 1.40 bits per heavy atom. The molecule has 0 aliphatic rings. The molecule has 0 fully saturated rings. The van der Waals surface area contributed by atoms with Crippen molar-refractivity contribution < 1.29 is 38.6 Å². The summed E-state index contributed by atoms with van der Waals surface area (Å²) in [6.07, 6.45) is -0.647. The van der Waals surface area contributed by atoms with Crippen LogP contribution in [0.4, 0.5) is 0 Å². The fourth-order valence-corrected chi connectivity index (χ4v) is 0.709. The molecule has 0 aliphatic heterocycles. The van der Waals surface area contributed by atoms with E-state index in [1.807, 2.05) is 0 Å². The van der Waals surface area contributed by atoms with Gasteiger partial charge in [0.05, 0.1) is 6.42 Å². The molecular weight excluding hydrogens is 233 g/mol. The summed E-state index contributed by atoms with van der Waals surface area (Å²) in [5.74, 6) is -2.41. The molecule has 0 radical (unpaired) electrons. The first-order valence-corrected chi connectivity index (χ1v) is 5.18. The summed E-state index contributed by atoms with van der Waals surface area (Å²) in [7, 11) is -4.88. The van der Waals surface area contributed by atoms with Crippen LogP contribution in [0.2, 0.25) is 0 Å². The first-order valence-electron chi connectivity index (χ1n) is 3.65. The smallest absolute Gasteiger partial charge is 0.480 e. The molecule has 0 aromatic heterocycles. The van der Waals surface area contributed by atoms with Gasteiger partial charge in [-0.05, 0) is 6.42 Å². The molecule has 0 saturated heterocycles. The van der Waals surface area contributed by atoms with Crippen LogP contribution in [0.1, 0.15) is 12.8 Å². The van der Waals surface area contributed by atoms with E-state index in [0.29, 0.717) is 0 Å². The molecule has 0 heterocycles. The minimum Gasteiger partial charge on any atom is -0.480 e. The fraction of sp³-hybridized carbons (Fsp3) is 0.600. The highest BCUT2D eigenvalue weighted by molar-refractivity contribution is 7.46. The third-order valence-electron chi connectivity index (χ3n) is 1.20. The van der Waals surface area contributed by atoms with Gasteiger partial charge in [0.25, 0.3) is 0 Å². The second-order valence-electron chi connectivity index (χ2n) is 2.50. The van der Waals surface area contributed by atoms with Crippen molar-refractivity contribution in [2.24, 2.45) is 5.73 Å². The number of aliphatic carboxylic acids is 1. The molecule has 1 atom stereocenters. The molecule has 0 bridgehead atoms. The Kier molecular flexibility index (Phi) is 5.40. The van der Waals surface area contributed by atoms with Gasteiger partial charge >= 0.3 is 19.8 Å². The number of hydrogen-bond donors (Lipinski definition) is 4. The van der Waals surface area contributed by atoms with Gasteiger partial charge < -0.3 is 20.6 Å². The molecular formula is C5H10NO8P. The van der Waals surface area contributed by atoms with E-state index < -0.39 is 32.2 Å². The van der Waals surface area contributed by atoms with Gasteiger partial charge in [0, 0.05) is 0 Å². The maximum absolute atomic E-state index is 10.7. The number of carboxylic acids is 1. The quantitative estimate of drug-likeness (QED) is 0.254. The van der Waals surface area contributed by atoms with E-state index in [9.17, 15) is 14.2 Å². The van der Waals surface area contributed by atoms with E-state index in [0.717, 1.165) is 0 Å². The first-order chi connectivity index (χ1) is 6.72. The summed E-state index contributed by atoms with van der Waals surface area (Å²) in [6.45, 7) is 0. The van der Waals surface area contributed by atoms with E-state index in [4.69, 9.17) is 20.6 Å². The number of carboxylic acid groups (broad SMARTS) is 1. The van der Waals surface area contributed by atoms with Crippen molar-refractivity contribution in [3.8, 4) is 0 Å². The van der Waals surface area contributed by atoms with E-state index >= 15 is 0 Å². The lowest BCUT2D eigenvalue weighted by molar-refractivity contribution is -0.222. The van der Waals surface area contributed by atoms with Gasteiger partial charge in [0.2, 0.25) is 0 Å². The third kappa shape index (κ3) is 8.03. The normalized spacial score (nSPS) is 13.3. The highest BCUT2D eigenvalue weighted by Gasteiger charge is 2.20. The summed E-state index contributed by atoms with van der Waals surface area (Å²) in [4.78, 5) is 40.8. The summed E-state index contributed by atoms with van der Waals surface area (Å²) >= 11 is 0. The highest BCUT2D eigenvalue weighted by Crippen LogP contribution is 2.35. The van der Waals surface area contributed by atoms with Crippen molar-refractivity contribution >= 4 is 19.8 Å². The molecule has 10 heteroatoms. The first kappa shape index (κ1) is 14.0. The molecule has 88 valence electrons. The van der Waals surface area contributed by atoms with Crippen LogP contribution >= 0.6 is 7.82 Å². The number of phosphoric acid groups is 1. The number of nitrogens with two attached hydrogens (primary N) is 1. The van der Waals surface area contributed by atoms with Gasteiger partial charge in [0.15, 0.2) is 0 Å². The SMILES string of the molecule is N[C@@H](CCC(=O)OOP(=O)(O)O)C(=O)O. The number of hydrogen-bond acceptors (Lipinski definition) is 6. The van der Waals surface area contributed by atoms with E-state index in [1.165, 1.54) is 0 Å². The van der Waals surface area contributed by atoms with Crippen LogP contribution in [0.3, 0.4) is 0 Å². The van der Waals surface area contributed by atoms with Gasteiger partial charge in [-0.25, -0.2) is 9.36 Å². The Balaban J connectivity index is 3.77. The van der Waals surface area contributed by atoms with Crippen LogP contribution in [0.5, 0.6) is 0 Å². The van der Waals surface area contributed by atoms with Crippen molar-refractivity contribution in [3.63, 3.8) is 0 Å². The predicted molar refractivity (Wildman–Crippen MR) is 44.1 cm³/mol. The Bertz CT molecular complexity index is 285. The van der Waals surface area contributed by atoms with E-state index in [2.05, 4.69) is 9.56 Å². The molecule has 5 N–H and O–H groups in total. The van der Waals surface area contributed by atoms with E-state index in [1.54, 1.807) is 0 Å². The zero-order valence-electron chi connectivity index (χ0n) is 7.40. The molecule has 9 nitrogen and oxygen atoms in total. The zero-order chi connectivity index (χ0) is 12.1. The topological polar surface area (TPSA) is 156 Å². The molecule has 15 heavy (non-hydrogen) atoms. The van der Waals surface area contributed by atoms with Gasteiger partial charge in [0.1, 0.15) is 6.04 Å². The number of carbonyl (C=O) groups is 2. The number of carbonyl (C=O) groups excluding carboxylic acids is 1. The van der Waals surface area contributed by atoms with Crippen LogP contribution in [0.25, 0.3) is 0 Å². The van der Waals surface area contributed by atoms with Crippen molar-refractivity contribution in [3.05, 3.63) is 0 Å². The summed E-state index contributed by atoms with van der Waals surface area (Å²) < 4.78 is 13.5.